The average molecular weight is 273 g/mol. The molecule has 0 amide bonds. The fraction of sp³-hybridized carbons (Fsp3) is 0.667. The highest BCUT2D eigenvalue weighted by Gasteiger charge is 2.28. The lowest BCUT2D eigenvalue weighted by Crippen LogP contribution is -2.35. The normalized spacial score (nSPS) is 31.2. The van der Waals surface area contributed by atoms with E-state index < -0.39 is 0 Å². The van der Waals surface area contributed by atoms with E-state index >= 15 is 0 Å². The second kappa shape index (κ2) is 6.17. The van der Waals surface area contributed by atoms with Crippen LogP contribution in [-0.4, -0.2) is 12.6 Å². The second-order valence-corrected chi connectivity index (χ2v) is 6.79. The van der Waals surface area contributed by atoms with Gasteiger partial charge in [0.1, 0.15) is 5.75 Å². The minimum atomic E-state index is 0.360. The fourth-order valence-corrected chi connectivity index (χ4v) is 3.90. The monoisotopic (exact) mass is 273 g/mol. The van der Waals surface area contributed by atoms with Crippen molar-refractivity contribution in [1.29, 1.82) is 0 Å². The van der Waals surface area contributed by atoms with E-state index in [2.05, 4.69) is 31.2 Å². The molecule has 1 aromatic carbocycles. The number of hydrogen-bond acceptors (Lipinski definition) is 2. The molecule has 2 atom stereocenters. The number of fused-ring (bicyclic) bond motifs is 1. The molecule has 3 rings (SSSR count). The molecule has 110 valence electrons. The third-order valence-electron chi connectivity index (χ3n) is 5.31. The summed E-state index contributed by atoms with van der Waals surface area (Å²) in [5.74, 6) is 3.31. The molecule has 1 aliphatic carbocycles. The van der Waals surface area contributed by atoms with E-state index in [9.17, 15) is 0 Å². The molecule has 0 bridgehead atoms. The van der Waals surface area contributed by atoms with Gasteiger partial charge in [-0.25, -0.2) is 0 Å². The Balaban J connectivity index is 1.63. The SMILES string of the molecule is CC1CCC(C(N)CC2CCOc3ccccc32)CC1. The van der Waals surface area contributed by atoms with Crippen molar-refractivity contribution in [2.45, 2.75) is 57.4 Å². The lowest BCUT2D eigenvalue weighted by atomic mass is 9.76. The molecule has 0 radical (unpaired) electrons. The van der Waals surface area contributed by atoms with Crippen LogP contribution in [0.3, 0.4) is 0 Å². The van der Waals surface area contributed by atoms with Crippen molar-refractivity contribution in [3.8, 4) is 5.75 Å². The molecule has 0 aromatic heterocycles. The van der Waals surface area contributed by atoms with Gasteiger partial charge in [-0.15, -0.1) is 0 Å². The summed E-state index contributed by atoms with van der Waals surface area (Å²) < 4.78 is 5.75. The zero-order valence-corrected chi connectivity index (χ0v) is 12.6. The number of ether oxygens (including phenoxy) is 1. The Morgan fingerprint density at radius 1 is 1.15 bits per heavy atom. The standard InChI is InChI=1S/C18H27NO/c1-13-6-8-14(9-7-13)17(19)12-15-10-11-20-18-5-3-2-4-16(15)18/h2-5,13-15,17H,6-12,19H2,1H3. The van der Waals surface area contributed by atoms with Gasteiger partial charge in [-0.1, -0.05) is 38.0 Å². The zero-order chi connectivity index (χ0) is 13.9. The summed E-state index contributed by atoms with van der Waals surface area (Å²) in [6.45, 7) is 3.21. The number of benzene rings is 1. The van der Waals surface area contributed by atoms with Crippen LogP contribution >= 0.6 is 0 Å². The van der Waals surface area contributed by atoms with Crippen LogP contribution in [0.15, 0.2) is 24.3 Å². The lowest BCUT2D eigenvalue weighted by molar-refractivity contribution is 0.220. The Hall–Kier alpha value is -1.02. The molecular weight excluding hydrogens is 246 g/mol. The molecule has 1 aliphatic heterocycles. The van der Waals surface area contributed by atoms with Crippen LogP contribution in [0.4, 0.5) is 0 Å². The summed E-state index contributed by atoms with van der Waals surface area (Å²) in [6.07, 6.45) is 7.62. The largest absolute Gasteiger partial charge is 0.493 e. The van der Waals surface area contributed by atoms with Gasteiger partial charge in [0.2, 0.25) is 0 Å². The molecule has 20 heavy (non-hydrogen) atoms. The number of rotatable bonds is 3. The fourth-order valence-electron chi connectivity index (χ4n) is 3.90. The van der Waals surface area contributed by atoms with E-state index in [1.54, 1.807) is 0 Å². The molecule has 2 unspecified atom stereocenters. The Morgan fingerprint density at radius 2 is 1.90 bits per heavy atom. The summed E-state index contributed by atoms with van der Waals surface area (Å²) in [6, 6.07) is 8.85. The van der Waals surface area contributed by atoms with Crippen LogP contribution in [0.1, 0.15) is 56.9 Å². The van der Waals surface area contributed by atoms with Crippen molar-refractivity contribution in [1.82, 2.24) is 0 Å². The van der Waals surface area contributed by atoms with Crippen molar-refractivity contribution in [3.05, 3.63) is 29.8 Å². The van der Waals surface area contributed by atoms with Gasteiger partial charge in [0.05, 0.1) is 6.61 Å². The molecule has 0 saturated heterocycles. The topological polar surface area (TPSA) is 35.2 Å². The van der Waals surface area contributed by atoms with E-state index in [1.807, 2.05) is 0 Å². The van der Waals surface area contributed by atoms with Crippen LogP contribution < -0.4 is 10.5 Å². The van der Waals surface area contributed by atoms with Crippen molar-refractivity contribution < 1.29 is 4.74 Å². The molecule has 1 aromatic rings. The molecule has 2 N–H and O–H groups in total. The predicted molar refractivity (Wildman–Crippen MR) is 83.0 cm³/mol. The minimum absolute atomic E-state index is 0.360. The zero-order valence-electron chi connectivity index (χ0n) is 12.6. The maximum atomic E-state index is 6.54. The van der Waals surface area contributed by atoms with E-state index in [1.165, 1.54) is 31.2 Å². The Morgan fingerprint density at radius 3 is 2.70 bits per heavy atom. The third kappa shape index (κ3) is 3.01. The number of para-hydroxylation sites is 1. The summed E-state index contributed by atoms with van der Waals surface area (Å²) in [5.41, 5.74) is 7.91. The Bertz CT molecular complexity index is 437. The van der Waals surface area contributed by atoms with Gasteiger partial charge in [-0.05, 0) is 55.1 Å². The van der Waals surface area contributed by atoms with Gasteiger partial charge >= 0.3 is 0 Å². The van der Waals surface area contributed by atoms with Crippen molar-refractivity contribution in [3.63, 3.8) is 0 Å². The second-order valence-electron chi connectivity index (χ2n) is 6.79. The van der Waals surface area contributed by atoms with E-state index in [0.29, 0.717) is 12.0 Å². The lowest BCUT2D eigenvalue weighted by Gasteiger charge is -2.34. The van der Waals surface area contributed by atoms with E-state index in [-0.39, 0.29) is 0 Å². The Kier molecular flexibility index (Phi) is 4.30. The first-order valence-corrected chi connectivity index (χ1v) is 8.21. The van der Waals surface area contributed by atoms with Crippen LogP contribution in [-0.2, 0) is 0 Å². The highest BCUT2D eigenvalue weighted by molar-refractivity contribution is 5.37. The minimum Gasteiger partial charge on any atom is -0.493 e. The van der Waals surface area contributed by atoms with E-state index in [0.717, 1.165) is 37.0 Å². The van der Waals surface area contributed by atoms with Gasteiger partial charge in [0.25, 0.3) is 0 Å². The molecule has 0 spiro atoms. The van der Waals surface area contributed by atoms with Gasteiger partial charge in [-0.3, -0.25) is 0 Å². The van der Waals surface area contributed by atoms with Crippen molar-refractivity contribution in [2.24, 2.45) is 17.6 Å². The van der Waals surface area contributed by atoms with Gasteiger partial charge < -0.3 is 10.5 Å². The van der Waals surface area contributed by atoms with Gasteiger partial charge in [0.15, 0.2) is 0 Å². The molecule has 1 fully saturated rings. The van der Waals surface area contributed by atoms with Crippen molar-refractivity contribution in [2.75, 3.05) is 6.61 Å². The third-order valence-corrected chi connectivity index (χ3v) is 5.31. The number of hydrogen-bond donors (Lipinski definition) is 1. The molecular formula is C18H27NO. The van der Waals surface area contributed by atoms with E-state index in [4.69, 9.17) is 10.5 Å². The Labute approximate surface area is 122 Å². The molecule has 1 heterocycles. The van der Waals surface area contributed by atoms with Crippen LogP contribution in [0.5, 0.6) is 5.75 Å². The maximum Gasteiger partial charge on any atom is 0.122 e. The van der Waals surface area contributed by atoms with Crippen LogP contribution in [0, 0.1) is 11.8 Å². The molecule has 2 aliphatic rings. The smallest absolute Gasteiger partial charge is 0.122 e. The average Bonchev–Trinajstić information content (AvgIpc) is 2.48. The highest BCUT2D eigenvalue weighted by atomic mass is 16.5. The number of nitrogens with two attached hydrogens (primary N) is 1. The molecule has 2 nitrogen and oxygen atoms in total. The summed E-state index contributed by atoms with van der Waals surface area (Å²) >= 11 is 0. The van der Waals surface area contributed by atoms with Crippen molar-refractivity contribution >= 4 is 0 Å². The van der Waals surface area contributed by atoms with Crippen LogP contribution in [0.2, 0.25) is 0 Å². The summed E-state index contributed by atoms with van der Waals surface area (Å²) in [7, 11) is 0. The van der Waals surface area contributed by atoms with Gasteiger partial charge in [0, 0.05) is 6.04 Å². The molecule has 1 saturated carbocycles. The first kappa shape index (κ1) is 13.9. The summed E-state index contributed by atoms with van der Waals surface area (Å²) in [4.78, 5) is 0. The first-order valence-electron chi connectivity index (χ1n) is 8.21. The molecule has 2 heteroatoms. The maximum absolute atomic E-state index is 6.54. The quantitative estimate of drug-likeness (QED) is 0.900. The predicted octanol–water partition coefficient (Wildman–Crippen LogP) is 4.10. The van der Waals surface area contributed by atoms with Crippen LogP contribution in [0.25, 0.3) is 0 Å². The van der Waals surface area contributed by atoms with Gasteiger partial charge in [-0.2, -0.15) is 0 Å². The first-order chi connectivity index (χ1) is 9.74. The highest BCUT2D eigenvalue weighted by Crippen LogP contribution is 2.38. The summed E-state index contributed by atoms with van der Waals surface area (Å²) in [5, 5.41) is 0.